The van der Waals surface area contributed by atoms with Gasteiger partial charge >= 0.3 is 0 Å². The fraction of sp³-hybridized carbons (Fsp3) is 0.320. The van der Waals surface area contributed by atoms with Gasteiger partial charge in [-0.1, -0.05) is 6.07 Å². The molecule has 3 heterocycles. The highest BCUT2D eigenvalue weighted by atomic mass is 32.2. The van der Waals surface area contributed by atoms with Gasteiger partial charge in [0.2, 0.25) is 5.91 Å². The first kappa shape index (κ1) is 24.0. The smallest absolute Gasteiger partial charge is 0.237 e. The number of carbonyl (C=O) groups is 1. The number of primary amides is 1. The molecule has 0 saturated carbocycles. The topological polar surface area (TPSA) is 130 Å². The first-order chi connectivity index (χ1) is 17.2. The first-order valence-corrected chi connectivity index (χ1v) is 13.6. The SMILES string of the molecule is Cc1nc(CN2CCN(c3cccc4[nH]c(-c5ccc(S(C)(=O)=O)cc5)nc34)CC2)cn1CC(N)=O. The molecule has 10 nitrogen and oxygen atoms in total. The number of nitrogens with one attached hydrogen (secondary N) is 1. The predicted octanol–water partition coefficient (Wildman–Crippen LogP) is 1.95. The molecule has 11 heteroatoms. The number of aromatic amines is 1. The van der Waals surface area contributed by atoms with Gasteiger partial charge in [-0.15, -0.1) is 0 Å². The van der Waals surface area contributed by atoms with Gasteiger partial charge < -0.3 is 20.2 Å². The molecule has 3 N–H and O–H groups in total. The largest absolute Gasteiger partial charge is 0.368 e. The zero-order valence-electron chi connectivity index (χ0n) is 20.3. The Bertz CT molecular complexity index is 1520. The van der Waals surface area contributed by atoms with Gasteiger partial charge in [0, 0.05) is 50.7 Å². The number of fused-ring (bicyclic) bond motifs is 1. The van der Waals surface area contributed by atoms with Gasteiger partial charge in [-0.2, -0.15) is 0 Å². The summed E-state index contributed by atoms with van der Waals surface area (Å²) >= 11 is 0. The number of aryl methyl sites for hydroxylation is 1. The fourth-order valence-corrected chi connectivity index (χ4v) is 5.25. The average Bonchev–Trinajstić information content (AvgIpc) is 3.42. The second kappa shape index (κ2) is 9.40. The molecule has 0 unspecified atom stereocenters. The summed E-state index contributed by atoms with van der Waals surface area (Å²) in [5.41, 5.74) is 10.00. The highest BCUT2D eigenvalue weighted by Gasteiger charge is 2.21. The van der Waals surface area contributed by atoms with Crippen molar-refractivity contribution < 1.29 is 13.2 Å². The molecule has 4 aromatic rings. The van der Waals surface area contributed by atoms with E-state index in [1.165, 1.54) is 6.26 Å². The van der Waals surface area contributed by atoms with E-state index in [4.69, 9.17) is 10.7 Å². The Morgan fingerprint density at radius 3 is 2.44 bits per heavy atom. The predicted molar refractivity (Wildman–Crippen MR) is 138 cm³/mol. The summed E-state index contributed by atoms with van der Waals surface area (Å²) in [6, 6.07) is 12.9. The number of para-hydroxylation sites is 1. The highest BCUT2D eigenvalue weighted by molar-refractivity contribution is 7.90. The number of nitrogens with two attached hydrogens (primary N) is 1. The third-order valence-corrected chi connectivity index (χ3v) is 7.63. The van der Waals surface area contributed by atoms with E-state index in [9.17, 15) is 13.2 Å². The number of amides is 1. The normalized spacial score (nSPS) is 15.0. The van der Waals surface area contributed by atoms with Crippen molar-refractivity contribution in [1.82, 2.24) is 24.4 Å². The monoisotopic (exact) mass is 507 g/mol. The Kier molecular flexibility index (Phi) is 6.27. The van der Waals surface area contributed by atoms with Gasteiger partial charge in [-0.05, 0) is 43.3 Å². The quantitative estimate of drug-likeness (QED) is 0.391. The van der Waals surface area contributed by atoms with Crippen LogP contribution in [-0.4, -0.2) is 71.2 Å². The molecule has 1 aliphatic heterocycles. The van der Waals surface area contributed by atoms with Crippen molar-refractivity contribution in [1.29, 1.82) is 0 Å². The minimum Gasteiger partial charge on any atom is -0.368 e. The zero-order chi connectivity index (χ0) is 25.4. The van der Waals surface area contributed by atoms with E-state index in [0.717, 1.165) is 66.5 Å². The van der Waals surface area contributed by atoms with Gasteiger partial charge in [0.05, 0.1) is 21.8 Å². The van der Waals surface area contributed by atoms with E-state index in [2.05, 4.69) is 25.8 Å². The van der Waals surface area contributed by atoms with E-state index in [0.29, 0.717) is 5.82 Å². The highest BCUT2D eigenvalue weighted by Crippen LogP contribution is 2.29. The molecule has 1 saturated heterocycles. The van der Waals surface area contributed by atoms with Gasteiger partial charge in [0.25, 0.3) is 0 Å². The molecule has 2 aromatic heterocycles. The third kappa shape index (κ3) is 4.98. The van der Waals surface area contributed by atoms with Crippen molar-refractivity contribution in [2.75, 3.05) is 37.3 Å². The lowest BCUT2D eigenvalue weighted by atomic mass is 10.2. The van der Waals surface area contributed by atoms with Gasteiger partial charge in [0.15, 0.2) is 9.84 Å². The molecule has 0 atom stereocenters. The number of rotatable bonds is 7. The summed E-state index contributed by atoms with van der Waals surface area (Å²) in [5.74, 6) is 1.12. The summed E-state index contributed by atoms with van der Waals surface area (Å²) in [6.45, 7) is 6.20. The number of hydrogen-bond acceptors (Lipinski definition) is 7. The van der Waals surface area contributed by atoms with Gasteiger partial charge in [-0.3, -0.25) is 9.69 Å². The number of imidazole rings is 2. The van der Waals surface area contributed by atoms with Crippen LogP contribution < -0.4 is 10.6 Å². The van der Waals surface area contributed by atoms with E-state index in [1.54, 1.807) is 28.8 Å². The summed E-state index contributed by atoms with van der Waals surface area (Å²) in [6.07, 6.45) is 3.10. The molecule has 1 aliphatic rings. The van der Waals surface area contributed by atoms with E-state index < -0.39 is 9.84 Å². The molecule has 1 amide bonds. The maximum Gasteiger partial charge on any atom is 0.237 e. The molecule has 2 aromatic carbocycles. The lowest BCUT2D eigenvalue weighted by Crippen LogP contribution is -2.46. The van der Waals surface area contributed by atoms with E-state index in [-0.39, 0.29) is 17.3 Å². The second-order valence-electron chi connectivity index (χ2n) is 9.19. The summed E-state index contributed by atoms with van der Waals surface area (Å²) < 4.78 is 25.3. The number of hydrogen-bond donors (Lipinski definition) is 2. The van der Waals surface area contributed by atoms with Crippen LogP contribution in [0, 0.1) is 6.92 Å². The zero-order valence-corrected chi connectivity index (χ0v) is 21.1. The number of sulfone groups is 1. The minimum atomic E-state index is -3.24. The summed E-state index contributed by atoms with van der Waals surface area (Å²) in [4.78, 5) is 29.0. The van der Waals surface area contributed by atoms with E-state index >= 15 is 0 Å². The van der Waals surface area contributed by atoms with Crippen LogP contribution in [-0.2, 0) is 27.7 Å². The van der Waals surface area contributed by atoms with Crippen LogP contribution in [0.1, 0.15) is 11.5 Å². The van der Waals surface area contributed by atoms with Crippen molar-refractivity contribution in [2.24, 2.45) is 5.73 Å². The number of aromatic nitrogens is 4. The molecular weight excluding hydrogens is 478 g/mol. The van der Waals surface area contributed by atoms with Crippen molar-refractivity contribution >= 4 is 32.5 Å². The van der Waals surface area contributed by atoms with Crippen molar-refractivity contribution in [3.8, 4) is 11.4 Å². The standard InChI is InChI=1S/C25H29N7O3S/c1-17-27-19(15-32(17)16-23(26)33)14-30-10-12-31(13-11-30)22-5-3-4-21-24(22)29-25(28-21)18-6-8-20(9-7-18)36(2,34)35/h3-9,15H,10-14,16H2,1-2H3,(H2,26,33)(H,28,29). The molecule has 1 fully saturated rings. The fourth-order valence-electron chi connectivity index (χ4n) is 4.62. The molecule has 0 radical (unpaired) electrons. The molecule has 0 aliphatic carbocycles. The van der Waals surface area contributed by atoms with Crippen LogP contribution in [0.25, 0.3) is 22.4 Å². The molecule has 5 rings (SSSR count). The number of carbonyl (C=O) groups excluding carboxylic acids is 1. The van der Waals surface area contributed by atoms with Gasteiger partial charge in [0.1, 0.15) is 23.7 Å². The van der Waals surface area contributed by atoms with Crippen LogP contribution in [0.15, 0.2) is 53.6 Å². The Morgan fingerprint density at radius 2 is 1.78 bits per heavy atom. The minimum absolute atomic E-state index is 0.143. The number of benzene rings is 2. The number of H-pyrrole nitrogens is 1. The van der Waals surface area contributed by atoms with E-state index in [1.807, 2.05) is 25.3 Å². The summed E-state index contributed by atoms with van der Waals surface area (Å²) in [7, 11) is -3.24. The van der Waals surface area contributed by atoms with Crippen molar-refractivity contribution in [2.45, 2.75) is 24.9 Å². The maximum atomic E-state index is 11.8. The van der Waals surface area contributed by atoms with Crippen molar-refractivity contribution in [3.63, 3.8) is 0 Å². The van der Waals surface area contributed by atoms with Crippen LogP contribution in [0.2, 0.25) is 0 Å². The number of nitrogens with zero attached hydrogens (tertiary/aromatic N) is 5. The molecule has 0 bridgehead atoms. The molecule has 0 spiro atoms. The lowest BCUT2D eigenvalue weighted by Gasteiger charge is -2.35. The third-order valence-electron chi connectivity index (χ3n) is 6.50. The van der Waals surface area contributed by atoms with Crippen LogP contribution in [0.5, 0.6) is 0 Å². The van der Waals surface area contributed by atoms with Crippen LogP contribution >= 0.6 is 0 Å². The maximum absolute atomic E-state index is 11.8. The van der Waals surface area contributed by atoms with Crippen molar-refractivity contribution in [3.05, 3.63) is 60.2 Å². The van der Waals surface area contributed by atoms with Gasteiger partial charge in [-0.25, -0.2) is 18.4 Å². The molecule has 188 valence electrons. The second-order valence-corrected chi connectivity index (χ2v) is 11.2. The van der Waals surface area contributed by atoms with Crippen LogP contribution in [0.3, 0.4) is 0 Å². The number of piperazine rings is 1. The Hall–Kier alpha value is -3.70. The lowest BCUT2D eigenvalue weighted by molar-refractivity contribution is -0.118. The summed E-state index contributed by atoms with van der Waals surface area (Å²) in [5, 5.41) is 0. The van der Waals surface area contributed by atoms with Crippen LogP contribution in [0.4, 0.5) is 5.69 Å². The molecular formula is C25H29N7O3S. The molecule has 36 heavy (non-hydrogen) atoms. The Labute approximate surface area is 209 Å². The first-order valence-electron chi connectivity index (χ1n) is 11.7. The Balaban J connectivity index is 1.29. The average molecular weight is 508 g/mol. The Morgan fingerprint density at radius 1 is 1.06 bits per heavy atom. The number of anilines is 1.